The van der Waals surface area contributed by atoms with Crippen LogP contribution in [0.5, 0.6) is 0 Å². The van der Waals surface area contributed by atoms with Crippen LogP contribution in [0.2, 0.25) is 0 Å². The Hall–Kier alpha value is -3.37. The molecular weight excluding hydrogens is 396 g/mol. The van der Waals surface area contributed by atoms with Crippen molar-refractivity contribution in [2.75, 3.05) is 23.3 Å². The van der Waals surface area contributed by atoms with Crippen LogP contribution < -0.4 is 15.8 Å². The number of alkyl halides is 2. The van der Waals surface area contributed by atoms with Gasteiger partial charge >= 0.3 is 0 Å². The number of pyridine rings is 1. The van der Waals surface area contributed by atoms with Crippen LogP contribution in [0.3, 0.4) is 0 Å². The molecular formula is C19H19F2N7O2. The number of carbonyl (C=O) groups excluding carboxylic acids is 1. The van der Waals surface area contributed by atoms with Gasteiger partial charge in [0.2, 0.25) is 5.91 Å². The summed E-state index contributed by atoms with van der Waals surface area (Å²) in [4.78, 5) is 30.1. The number of aromatic nitrogens is 5. The molecule has 1 N–H and O–H groups in total. The number of amides is 1. The summed E-state index contributed by atoms with van der Waals surface area (Å²) in [5.74, 6) is -2.99. The lowest BCUT2D eigenvalue weighted by Gasteiger charge is -2.39. The van der Waals surface area contributed by atoms with Crippen molar-refractivity contribution in [3.05, 3.63) is 47.1 Å². The predicted octanol–water partition coefficient (Wildman–Crippen LogP) is 1.55. The van der Waals surface area contributed by atoms with Gasteiger partial charge in [0, 0.05) is 36.0 Å². The van der Waals surface area contributed by atoms with Crippen LogP contribution >= 0.6 is 0 Å². The van der Waals surface area contributed by atoms with Gasteiger partial charge in [0.1, 0.15) is 18.7 Å². The van der Waals surface area contributed by atoms with E-state index in [4.69, 9.17) is 0 Å². The molecule has 30 heavy (non-hydrogen) atoms. The Balaban J connectivity index is 1.31. The summed E-state index contributed by atoms with van der Waals surface area (Å²) in [5, 5.41) is 10.8. The first-order valence-electron chi connectivity index (χ1n) is 9.66. The molecule has 1 spiro atoms. The molecule has 4 heterocycles. The van der Waals surface area contributed by atoms with Gasteiger partial charge in [0.05, 0.1) is 6.54 Å². The van der Waals surface area contributed by atoms with Crippen LogP contribution in [-0.4, -0.2) is 49.3 Å². The van der Waals surface area contributed by atoms with Gasteiger partial charge in [-0.3, -0.25) is 9.59 Å². The van der Waals surface area contributed by atoms with E-state index in [1.807, 2.05) is 0 Å². The molecule has 0 aromatic carbocycles. The van der Waals surface area contributed by atoms with E-state index in [0.717, 1.165) is 4.68 Å². The minimum Gasteiger partial charge on any atom is -0.349 e. The predicted molar refractivity (Wildman–Crippen MR) is 104 cm³/mol. The molecule has 1 aliphatic heterocycles. The van der Waals surface area contributed by atoms with Crippen LogP contribution in [0, 0.1) is 5.41 Å². The average Bonchev–Trinajstić information content (AvgIpc) is 3.35. The average molecular weight is 415 g/mol. The molecule has 1 amide bonds. The lowest BCUT2D eigenvalue weighted by Crippen LogP contribution is -2.50. The van der Waals surface area contributed by atoms with Crippen molar-refractivity contribution in [2.45, 2.75) is 31.7 Å². The molecule has 0 atom stereocenters. The third-order valence-corrected chi connectivity index (χ3v) is 5.91. The van der Waals surface area contributed by atoms with Crippen LogP contribution in [0.25, 0.3) is 5.65 Å². The fourth-order valence-electron chi connectivity index (χ4n) is 3.93. The molecule has 11 heteroatoms. The highest BCUT2D eigenvalue weighted by molar-refractivity contribution is 5.90. The largest absolute Gasteiger partial charge is 0.349 e. The molecule has 1 saturated heterocycles. The first-order chi connectivity index (χ1) is 14.4. The summed E-state index contributed by atoms with van der Waals surface area (Å²) in [6, 6.07) is 5.96. The summed E-state index contributed by atoms with van der Waals surface area (Å²) in [6.07, 6.45) is 4.55. The zero-order chi connectivity index (χ0) is 20.9. The zero-order valence-electron chi connectivity index (χ0n) is 16.0. The summed E-state index contributed by atoms with van der Waals surface area (Å²) < 4.78 is 31.5. The van der Waals surface area contributed by atoms with E-state index >= 15 is 0 Å². The second-order valence-electron chi connectivity index (χ2n) is 7.87. The van der Waals surface area contributed by atoms with Crippen molar-refractivity contribution < 1.29 is 13.6 Å². The maximum atomic E-state index is 14.5. The number of nitrogens with one attached hydrogen (secondary N) is 1. The van der Waals surface area contributed by atoms with Crippen LogP contribution in [0.15, 0.2) is 41.6 Å². The Bertz CT molecular complexity index is 1180. The smallest absolute Gasteiger partial charge is 0.270 e. The molecule has 0 unspecified atom stereocenters. The fraction of sp³-hybridized carbons (Fsp3) is 0.421. The van der Waals surface area contributed by atoms with Gasteiger partial charge in [0.25, 0.3) is 11.5 Å². The molecule has 0 bridgehead atoms. The van der Waals surface area contributed by atoms with Crippen molar-refractivity contribution in [3.8, 4) is 0 Å². The summed E-state index contributed by atoms with van der Waals surface area (Å²) in [5.41, 5.74) is -0.285. The molecule has 2 fully saturated rings. The van der Waals surface area contributed by atoms with Gasteiger partial charge in [-0.2, -0.15) is 10.2 Å². The molecule has 3 aromatic heterocycles. The third kappa shape index (κ3) is 3.19. The Labute approximate surface area is 169 Å². The van der Waals surface area contributed by atoms with Crippen LogP contribution in [0.1, 0.15) is 19.3 Å². The minimum atomic E-state index is -2.79. The minimum absolute atomic E-state index is 0.266. The third-order valence-electron chi connectivity index (χ3n) is 5.91. The number of piperidine rings is 1. The molecule has 0 radical (unpaired) electrons. The van der Waals surface area contributed by atoms with Gasteiger partial charge in [-0.1, -0.05) is 0 Å². The second kappa shape index (κ2) is 6.57. The number of fused-ring (bicyclic) bond motifs is 1. The summed E-state index contributed by atoms with van der Waals surface area (Å²) >= 11 is 0. The fourth-order valence-corrected chi connectivity index (χ4v) is 3.93. The van der Waals surface area contributed by atoms with Crippen molar-refractivity contribution in [3.63, 3.8) is 0 Å². The Morgan fingerprint density at radius 2 is 2.03 bits per heavy atom. The lowest BCUT2D eigenvalue weighted by molar-refractivity contribution is -0.117. The monoisotopic (exact) mass is 415 g/mol. The van der Waals surface area contributed by atoms with E-state index in [2.05, 4.69) is 20.5 Å². The topological polar surface area (TPSA) is 97.4 Å². The number of hydrogen-bond donors (Lipinski definition) is 1. The van der Waals surface area contributed by atoms with E-state index in [9.17, 15) is 18.4 Å². The van der Waals surface area contributed by atoms with Crippen molar-refractivity contribution in [1.82, 2.24) is 24.4 Å². The maximum Gasteiger partial charge on any atom is 0.270 e. The molecule has 9 nitrogen and oxygen atoms in total. The van der Waals surface area contributed by atoms with Gasteiger partial charge in [-0.15, -0.1) is 0 Å². The number of anilines is 2. The first kappa shape index (κ1) is 18.6. The number of halogens is 2. The van der Waals surface area contributed by atoms with Gasteiger partial charge in [-0.25, -0.2) is 23.0 Å². The standard InChI is InChI=1S/C19H19F2N7O2/c20-19(21)11-26(8-6-18(19)4-5-18)14-1-2-17(30)28(25-14)10-16(29)24-13-3-7-27-15(9-13)22-12-23-27/h1-3,7,9,12H,4-6,8,10-11H2,(H,24,29). The number of hydrogen-bond acceptors (Lipinski definition) is 6. The van der Waals surface area contributed by atoms with E-state index in [1.54, 1.807) is 22.8 Å². The maximum absolute atomic E-state index is 14.5. The van der Waals surface area contributed by atoms with E-state index in [1.165, 1.54) is 23.4 Å². The zero-order valence-corrected chi connectivity index (χ0v) is 16.0. The molecule has 156 valence electrons. The van der Waals surface area contributed by atoms with Gasteiger partial charge in [-0.05, 0) is 31.4 Å². The molecule has 5 rings (SSSR count). The van der Waals surface area contributed by atoms with Crippen LogP contribution in [0.4, 0.5) is 20.3 Å². The Kier molecular flexibility index (Phi) is 4.09. The van der Waals surface area contributed by atoms with Crippen LogP contribution in [-0.2, 0) is 11.3 Å². The highest BCUT2D eigenvalue weighted by atomic mass is 19.3. The van der Waals surface area contributed by atoms with Gasteiger partial charge in [0.15, 0.2) is 5.65 Å². The summed E-state index contributed by atoms with van der Waals surface area (Å²) in [7, 11) is 0. The Morgan fingerprint density at radius 1 is 1.20 bits per heavy atom. The quantitative estimate of drug-likeness (QED) is 0.695. The number of nitrogens with zero attached hydrogens (tertiary/aromatic N) is 6. The molecule has 2 aliphatic rings. The number of rotatable bonds is 4. The first-order valence-corrected chi connectivity index (χ1v) is 9.66. The molecule has 1 aliphatic carbocycles. The SMILES string of the molecule is O=C(Cn1nc(N2CCC3(CC3)C(F)(F)C2)ccc1=O)Nc1ccn2ncnc2c1. The van der Waals surface area contributed by atoms with Crippen molar-refractivity contribution >= 4 is 23.1 Å². The highest BCUT2D eigenvalue weighted by Gasteiger charge is 2.63. The normalized spacial score (nSPS) is 19.2. The van der Waals surface area contributed by atoms with E-state index in [-0.39, 0.29) is 12.4 Å². The molecule has 1 saturated carbocycles. The lowest BCUT2D eigenvalue weighted by atomic mass is 9.89. The Morgan fingerprint density at radius 3 is 2.80 bits per heavy atom. The number of carbonyl (C=O) groups is 1. The molecule has 3 aromatic rings. The highest BCUT2D eigenvalue weighted by Crippen LogP contribution is 2.61. The van der Waals surface area contributed by atoms with Crippen molar-refractivity contribution in [2.24, 2.45) is 5.41 Å². The van der Waals surface area contributed by atoms with E-state index < -0.39 is 29.3 Å². The van der Waals surface area contributed by atoms with Gasteiger partial charge < -0.3 is 10.2 Å². The summed E-state index contributed by atoms with van der Waals surface area (Å²) in [6.45, 7) is -0.313. The van der Waals surface area contributed by atoms with E-state index in [0.29, 0.717) is 37.1 Å². The second-order valence-corrected chi connectivity index (χ2v) is 7.87. The van der Waals surface area contributed by atoms with Crippen molar-refractivity contribution in [1.29, 1.82) is 0 Å².